The molecule has 0 atom stereocenters. The minimum atomic E-state index is -0.155. The predicted octanol–water partition coefficient (Wildman–Crippen LogP) is 11.3. The molecule has 0 bridgehead atoms. The lowest BCUT2D eigenvalue weighted by atomic mass is 9.31. The van der Waals surface area contributed by atoms with Gasteiger partial charge in [0.15, 0.2) is 0 Å². The first-order chi connectivity index (χ1) is 33.3. The van der Waals surface area contributed by atoms with Crippen molar-refractivity contribution in [2.24, 2.45) is 0 Å². The summed E-state index contributed by atoms with van der Waals surface area (Å²) in [5.74, 6) is 1.80. The molecule has 10 aromatic carbocycles. The molecule has 308 valence electrons. The molecule has 67 heavy (non-hydrogen) atoms. The fraction of sp³-hybridized carbons (Fsp3) is 0. The van der Waals surface area contributed by atoms with Crippen LogP contribution < -0.4 is 52.2 Å². The van der Waals surface area contributed by atoms with Crippen molar-refractivity contribution in [2.75, 3.05) is 14.7 Å². The maximum atomic E-state index is 7.52. The van der Waals surface area contributed by atoms with Crippen LogP contribution in [0.2, 0.25) is 0 Å². The van der Waals surface area contributed by atoms with Crippen molar-refractivity contribution in [1.82, 2.24) is 4.40 Å². The highest BCUT2D eigenvalue weighted by atomic mass is 16.5. The Balaban J connectivity index is 1.09. The Kier molecular flexibility index (Phi) is 6.91. The van der Waals surface area contributed by atoms with Gasteiger partial charge in [-0.05, 0) is 118 Å². The topological polar surface area (TPSA) is 23.4 Å². The average molecular weight is 851 g/mol. The summed E-state index contributed by atoms with van der Waals surface area (Å²) in [7, 11) is 0. The van der Waals surface area contributed by atoms with Gasteiger partial charge in [0.05, 0.1) is 22.2 Å². The van der Waals surface area contributed by atoms with Crippen molar-refractivity contribution in [3.05, 3.63) is 218 Å². The van der Waals surface area contributed by atoms with Gasteiger partial charge in [0.1, 0.15) is 11.5 Å². The van der Waals surface area contributed by atoms with Crippen LogP contribution in [0.4, 0.5) is 51.2 Å². The Bertz CT molecular complexity index is 4060. The summed E-state index contributed by atoms with van der Waals surface area (Å²) in [6, 6.07) is 80.6. The maximum absolute atomic E-state index is 7.52. The molecule has 2 aromatic heterocycles. The normalized spacial score (nSPS) is 13.9. The zero-order valence-corrected chi connectivity index (χ0v) is 36.1. The smallest absolute Gasteiger partial charge is 0.256 e. The lowest BCUT2D eigenvalue weighted by Crippen LogP contribution is -2.64. The summed E-state index contributed by atoms with van der Waals surface area (Å²) in [4.78, 5) is 7.50. The van der Waals surface area contributed by atoms with Crippen molar-refractivity contribution >= 4 is 135 Å². The van der Waals surface area contributed by atoms with Gasteiger partial charge in [0.2, 0.25) is 0 Å². The van der Waals surface area contributed by atoms with E-state index in [-0.39, 0.29) is 13.4 Å². The molecule has 0 saturated carbocycles. The number of rotatable bonds is 3. The number of ether oxygens (including phenoxy) is 1. The first kappa shape index (κ1) is 35.7. The lowest BCUT2D eigenvalue weighted by Gasteiger charge is -2.47. The number of aromatic nitrogens is 1. The highest BCUT2D eigenvalue weighted by Crippen LogP contribution is 2.51. The lowest BCUT2D eigenvalue weighted by molar-refractivity contribution is 0.489. The molecule has 6 heterocycles. The molecule has 0 amide bonds. The molecule has 4 aliphatic rings. The number of nitrogens with zero attached hydrogens (tertiary/aromatic N) is 4. The molecule has 0 saturated heterocycles. The van der Waals surface area contributed by atoms with Gasteiger partial charge < -0.3 is 23.8 Å². The number of para-hydroxylation sites is 7. The summed E-state index contributed by atoms with van der Waals surface area (Å²) in [6.45, 7) is -0.196. The van der Waals surface area contributed by atoms with Gasteiger partial charge in [0.25, 0.3) is 13.4 Å². The summed E-state index contributed by atoms with van der Waals surface area (Å²) < 4.78 is 10.0. The van der Waals surface area contributed by atoms with E-state index in [9.17, 15) is 0 Å². The van der Waals surface area contributed by atoms with E-state index < -0.39 is 0 Å². The second-order valence-electron chi connectivity index (χ2n) is 18.3. The summed E-state index contributed by atoms with van der Waals surface area (Å²) in [5, 5.41) is 5.09. The molecule has 0 N–H and O–H groups in total. The van der Waals surface area contributed by atoms with E-state index in [1.54, 1.807) is 0 Å². The minimum Gasteiger partial charge on any atom is -0.456 e. The monoisotopic (exact) mass is 850 g/mol. The second-order valence-corrected chi connectivity index (χ2v) is 18.3. The van der Waals surface area contributed by atoms with Crippen molar-refractivity contribution in [3.8, 4) is 11.5 Å². The van der Waals surface area contributed by atoms with Gasteiger partial charge in [-0.1, -0.05) is 133 Å². The molecular weight excluding hydrogens is 814 g/mol. The van der Waals surface area contributed by atoms with Crippen LogP contribution in [0.3, 0.4) is 0 Å². The van der Waals surface area contributed by atoms with Gasteiger partial charge in [-0.2, -0.15) is 0 Å². The van der Waals surface area contributed by atoms with Crippen LogP contribution in [0, 0.1) is 0 Å². The molecule has 12 aromatic rings. The number of anilines is 9. The SMILES string of the molecule is c1ccc(N2c3cc4c5cccc6c7ccccc7n(c4cc3B3c4cc7c8c(c4N(c4ccccc4)c4cccc2c43)Oc2ccccc2B8c2ccccc2N7c2ccccc2)c65)cc1. The van der Waals surface area contributed by atoms with E-state index >= 15 is 0 Å². The largest absolute Gasteiger partial charge is 0.456 e. The van der Waals surface area contributed by atoms with E-state index in [0.717, 1.165) is 45.6 Å². The Labute approximate surface area is 387 Å². The first-order valence-electron chi connectivity index (χ1n) is 23.3. The van der Waals surface area contributed by atoms with Gasteiger partial charge in [-0.15, -0.1) is 0 Å². The van der Waals surface area contributed by atoms with Crippen LogP contribution in [-0.2, 0) is 0 Å². The molecule has 0 unspecified atom stereocenters. The molecule has 0 aliphatic carbocycles. The fourth-order valence-electron chi connectivity index (χ4n) is 12.6. The highest BCUT2D eigenvalue weighted by molar-refractivity contribution is 7.02. The molecular formula is C60H36B2N4O. The number of hydrogen-bond donors (Lipinski definition) is 0. The molecule has 0 spiro atoms. The standard InChI is InChI=1S/C60H36B2N4O/c1-4-18-37(19-5-1)63-49-30-14-11-27-44(49)61-45-28-12-15-33-55(45)67-60-57(61)54(63)36-47-59(60)65(39-22-8-3-9-23-39)51-32-17-31-50-56(51)62(47)46-35-52-43(34-53(46)64(50)38-20-6-2-7-21-38)42-26-16-25-41-40-24-10-13-29-48(40)66(52)58(41)42/h1-36H. The number of fused-ring (bicyclic) bond motifs is 15. The van der Waals surface area contributed by atoms with Crippen molar-refractivity contribution in [1.29, 1.82) is 0 Å². The average Bonchev–Trinajstić information content (AvgIpc) is 3.91. The summed E-state index contributed by atoms with van der Waals surface area (Å²) in [6.07, 6.45) is 0. The fourth-order valence-corrected chi connectivity index (χ4v) is 12.6. The second kappa shape index (κ2) is 13.0. The Morgan fingerprint density at radius 1 is 0.328 bits per heavy atom. The first-order valence-corrected chi connectivity index (χ1v) is 23.3. The van der Waals surface area contributed by atoms with Gasteiger partial charge in [-0.25, -0.2) is 0 Å². The van der Waals surface area contributed by atoms with Crippen LogP contribution in [0.5, 0.6) is 11.5 Å². The highest BCUT2D eigenvalue weighted by Gasteiger charge is 2.50. The summed E-state index contributed by atoms with van der Waals surface area (Å²) >= 11 is 0. The van der Waals surface area contributed by atoms with Gasteiger partial charge in [0, 0.05) is 67.0 Å². The van der Waals surface area contributed by atoms with Crippen LogP contribution in [0.1, 0.15) is 0 Å². The predicted molar refractivity (Wildman–Crippen MR) is 281 cm³/mol. The zero-order valence-electron chi connectivity index (χ0n) is 36.1. The molecule has 0 fully saturated rings. The van der Waals surface area contributed by atoms with E-state index in [1.807, 2.05) is 0 Å². The number of benzene rings is 10. The van der Waals surface area contributed by atoms with Crippen LogP contribution in [0.15, 0.2) is 218 Å². The number of hydrogen-bond acceptors (Lipinski definition) is 4. The molecule has 4 aliphatic heterocycles. The third-order valence-electron chi connectivity index (χ3n) is 15.1. The van der Waals surface area contributed by atoms with E-state index in [1.165, 1.54) is 87.9 Å². The maximum Gasteiger partial charge on any atom is 0.256 e. The van der Waals surface area contributed by atoms with Crippen molar-refractivity contribution < 1.29 is 4.74 Å². The van der Waals surface area contributed by atoms with E-state index in [0.29, 0.717) is 0 Å². The Morgan fingerprint density at radius 2 is 0.881 bits per heavy atom. The molecule has 0 radical (unpaired) electrons. The van der Waals surface area contributed by atoms with Crippen molar-refractivity contribution in [3.63, 3.8) is 0 Å². The van der Waals surface area contributed by atoms with Crippen LogP contribution in [-0.4, -0.2) is 17.8 Å². The summed E-state index contributed by atoms with van der Waals surface area (Å²) in [5.41, 5.74) is 21.4. The van der Waals surface area contributed by atoms with Crippen molar-refractivity contribution in [2.45, 2.75) is 0 Å². The van der Waals surface area contributed by atoms with Gasteiger partial charge in [-0.3, -0.25) is 0 Å². The minimum absolute atomic E-state index is 0.0415. The Morgan fingerprint density at radius 3 is 1.64 bits per heavy atom. The Hall–Kier alpha value is -8.67. The van der Waals surface area contributed by atoms with Crippen LogP contribution in [0.25, 0.3) is 38.1 Å². The third-order valence-corrected chi connectivity index (χ3v) is 15.1. The quantitative estimate of drug-likeness (QED) is 0.165. The van der Waals surface area contributed by atoms with Gasteiger partial charge >= 0.3 is 0 Å². The molecule has 5 nitrogen and oxygen atoms in total. The molecule has 16 rings (SSSR count). The van der Waals surface area contributed by atoms with E-state index in [4.69, 9.17) is 4.74 Å². The molecule has 7 heteroatoms. The van der Waals surface area contributed by atoms with Crippen LogP contribution >= 0.6 is 0 Å². The zero-order chi connectivity index (χ0) is 43.5. The third kappa shape index (κ3) is 4.55. The van der Waals surface area contributed by atoms with E-state index in [2.05, 4.69) is 237 Å².